The largest absolute Gasteiger partial charge is 0.380 e. The monoisotopic (exact) mass is 270 g/mol. The lowest BCUT2D eigenvalue weighted by atomic mass is 9.78. The predicted molar refractivity (Wildman–Crippen MR) is 77.8 cm³/mol. The van der Waals surface area contributed by atoms with Crippen molar-refractivity contribution in [1.29, 1.82) is 0 Å². The van der Waals surface area contributed by atoms with Crippen LogP contribution in [-0.2, 0) is 9.53 Å². The van der Waals surface area contributed by atoms with Crippen LogP contribution in [0.15, 0.2) is 0 Å². The number of amides is 1. The van der Waals surface area contributed by atoms with Crippen molar-refractivity contribution < 1.29 is 9.53 Å². The average Bonchev–Trinajstić information content (AvgIpc) is 2.41. The van der Waals surface area contributed by atoms with Crippen molar-refractivity contribution >= 4 is 5.91 Å². The van der Waals surface area contributed by atoms with Crippen molar-refractivity contribution in [1.82, 2.24) is 5.32 Å². The van der Waals surface area contributed by atoms with Gasteiger partial charge in [-0.3, -0.25) is 4.79 Å². The number of nitrogens with two attached hydrogens (primary N) is 1. The van der Waals surface area contributed by atoms with E-state index in [0.717, 1.165) is 45.1 Å². The Hall–Kier alpha value is -0.610. The van der Waals surface area contributed by atoms with Crippen molar-refractivity contribution in [2.45, 2.75) is 58.4 Å². The molecular weight excluding hydrogens is 240 g/mol. The fourth-order valence-electron chi connectivity index (χ4n) is 2.69. The van der Waals surface area contributed by atoms with Gasteiger partial charge >= 0.3 is 0 Å². The first-order valence-electron chi connectivity index (χ1n) is 7.76. The molecule has 19 heavy (non-hydrogen) atoms. The first-order valence-corrected chi connectivity index (χ1v) is 7.76. The Kier molecular flexibility index (Phi) is 8.07. The van der Waals surface area contributed by atoms with E-state index in [2.05, 4.69) is 12.2 Å². The second kappa shape index (κ2) is 9.32. The SMILES string of the molecule is CCCCOCCNC(=O)C(C)C1CCCC(N)C1. The van der Waals surface area contributed by atoms with Crippen LogP contribution in [0, 0.1) is 11.8 Å². The average molecular weight is 270 g/mol. The minimum Gasteiger partial charge on any atom is -0.380 e. The molecule has 0 aliphatic heterocycles. The molecule has 0 spiro atoms. The van der Waals surface area contributed by atoms with Gasteiger partial charge in [0.15, 0.2) is 0 Å². The third-order valence-corrected chi connectivity index (χ3v) is 4.06. The second-order valence-electron chi connectivity index (χ2n) is 5.73. The highest BCUT2D eigenvalue weighted by atomic mass is 16.5. The lowest BCUT2D eigenvalue weighted by molar-refractivity contribution is -0.126. The smallest absolute Gasteiger partial charge is 0.223 e. The third kappa shape index (κ3) is 6.39. The Morgan fingerprint density at radius 1 is 1.42 bits per heavy atom. The van der Waals surface area contributed by atoms with Gasteiger partial charge in [-0.25, -0.2) is 0 Å². The Balaban J connectivity index is 2.14. The van der Waals surface area contributed by atoms with Crippen molar-refractivity contribution in [2.75, 3.05) is 19.8 Å². The molecule has 0 saturated heterocycles. The Morgan fingerprint density at radius 2 is 2.21 bits per heavy atom. The number of hydrogen-bond acceptors (Lipinski definition) is 3. The molecule has 1 aliphatic carbocycles. The number of rotatable bonds is 8. The van der Waals surface area contributed by atoms with E-state index in [9.17, 15) is 4.79 Å². The summed E-state index contributed by atoms with van der Waals surface area (Å²) in [5, 5.41) is 2.97. The summed E-state index contributed by atoms with van der Waals surface area (Å²) in [6.45, 7) is 6.19. The zero-order valence-electron chi connectivity index (χ0n) is 12.5. The third-order valence-electron chi connectivity index (χ3n) is 4.06. The molecule has 1 saturated carbocycles. The molecule has 1 rings (SSSR count). The van der Waals surface area contributed by atoms with Gasteiger partial charge in [-0.1, -0.05) is 26.7 Å². The lowest BCUT2D eigenvalue weighted by Crippen LogP contribution is -2.39. The van der Waals surface area contributed by atoms with Gasteiger partial charge in [-0.15, -0.1) is 0 Å². The quantitative estimate of drug-likeness (QED) is 0.664. The zero-order valence-corrected chi connectivity index (χ0v) is 12.5. The van der Waals surface area contributed by atoms with Crippen LogP contribution in [0.5, 0.6) is 0 Å². The predicted octanol–water partition coefficient (Wildman–Crippen LogP) is 2.07. The molecule has 4 nitrogen and oxygen atoms in total. The summed E-state index contributed by atoms with van der Waals surface area (Å²) >= 11 is 0. The van der Waals surface area contributed by atoms with Crippen LogP contribution in [0.4, 0.5) is 0 Å². The van der Waals surface area contributed by atoms with Crippen LogP contribution in [-0.4, -0.2) is 31.7 Å². The lowest BCUT2D eigenvalue weighted by Gasteiger charge is -2.30. The maximum atomic E-state index is 12.0. The van der Waals surface area contributed by atoms with Gasteiger partial charge in [0.2, 0.25) is 5.91 Å². The van der Waals surface area contributed by atoms with Gasteiger partial charge in [0.25, 0.3) is 0 Å². The van der Waals surface area contributed by atoms with Gasteiger partial charge in [0.1, 0.15) is 0 Å². The molecule has 112 valence electrons. The van der Waals surface area contributed by atoms with Gasteiger partial charge in [-0.2, -0.15) is 0 Å². The molecule has 3 N–H and O–H groups in total. The van der Waals surface area contributed by atoms with E-state index in [1.165, 1.54) is 0 Å². The number of ether oxygens (including phenoxy) is 1. The fraction of sp³-hybridized carbons (Fsp3) is 0.933. The summed E-state index contributed by atoms with van der Waals surface area (Å²) in [7, 11) is 0. The highest BCUT2D eigenvalue weighted by Crippen LogP contribution is 2.29. The Bertz CT molecular complexity index is 259. The van der Waals surface area contributed by atoms with Crippen LogP contribution in [0.1, 0.15) is 52.4 Å². The van der Waals surface area contributed by atoms with Gasteiger partial charge in [-0.05, 0) is 31.6 Å². The molecule has 4 heteroatoms. The molecular formula is C15H30N2O2. The van der Waals surface area contributed by atoms with Crippen LogP contribution in [0.2, 0.25) is 0 Å². The number of hydrogen-bond donors (Lipinski definition) is 2. The minimum absolute atomic E-state index is 0.0713. The molecule has 1 fully saturated rings. The van der Waals surface area contributed by atoms with E-state index in [4.69, 9.17) is 10.5 Å². The highest BCUT2D eigenvalue weighted by Gasteiger charge is 2.28. The van der Waals surface area contributed by atoms with E-state index in [1.54, 1.807) is 0 Å². The molecule has 1 aliphatic rings. The Labute approximate surface area is 117 Å². The molecule has 3 atom stereocenters. The van der Waals surface area contributed by atoms with Crippen molar-refractivity contribution in [2.24, 2.45) is 17.6 Å². The normalized spacial score (nSPS) is 25.0. The molecule has 0 aromatic rings. The fourth-order valence-corrected chi connectivity index (χ4v) is 2.69. The van der Waals surface area contributed by atoms with Gasteiger partial charge in [0.05, 0.1) is 6.61 Å². The molecule has 0 aromatic carbocycles. The Morgan fingerprint density at radius 3 is 2.89 bits per heavy atom. The molecule has 0 aromatic heterocycles. The molecule has 0 radical (unpaired) electrons. The summed E-state index contributed by atoms with van der Waals surface area (Å²) in [5.41, 5.74) is 5.98. The standard InChI is InChI=1S/C15H30N2O2/c1-3-4-9-19-10-8-17-15(18)12(2)13-6-5-7-14(16)11-13/h12-14H,3-11,16H2,1-2H3,(H,17,18). The van der Waals surface area contributed by atoms with E-state index in [-0.39, 0.29) is 17.9 Å². The first kappa shape index (κ1) is 16.4. The van der Waals surface area contributed by atoms with Crippen molar-refractivity contribution in [3.63, 3.8) is 0 Å². The molecule has 3 unspecified atom stereocenters. The molecule has 1 amide bonds. The number of unbranched alkanes of at least 4 members (excludes halogenated alkanes) is 1. The summed E-state index contributed by atoms with van der Waals surface area (Å²) in [6, 6.07) is 0.284. The highest BCUT2D eigenvalue weighted by molar-refractivity contribution is 5.78. The van der Waals surface area contributed by atoms with E-state index < -0.39 is 0 Å². The number of nitrogens with one attached hydrogen (secondary N) is 1. The topological polar surface area (TPSA) is 64.3 Å². The summed E-state index contributed by atoms with van der Waals surface area (Å²) in [6.07, 6.45) is 6.62. The van der Waals surface area contributed by atoms with Gasteiger partial charge in [0, 0.05) is 25.1 Å². The second-order valence-corrected chi connectivity index (χ2v) is 5.73. The number of carbonyl (C=O) groups is 1. The van der Waals surface area contributed by atoms with E-state index in [1.807, 2.05) is 6.92 Å². The molecule has 0 bridgehead atoms. The van der Waals surface area contributed by atoms with Crippen molar-refractivity contribution in [3.8, 4) is 0 Å². The maximum absolute atomic E-state index is 12.0. The minimum atomic E-state index is 0.0713. The van der Waals surface area contributed by atoms with E-state index >= 15 is 0 Å². The maximum Gasteiger partial charge on any atom is 0.223 e. The first-order chi connectivity index (χ1) is 9.15. The van der Waals surface area contributed by atoms with Crippen LogP contribution < -0.4 is 11.1 Å². The van der Waals surface area contributed by atoms with Gasteiger partial charge < -0.3 is 15.8 Å². The van der Waals surface area contributed by atoms with Crippen LogP contribution in [0.25, 0.3) is 0 Å². The number of carbonyl (C=O) groups excluding carboxylic acids is 1. The van der Waals surface area contributed by atoms with E-state index in [0.29, 0.717) is 19.1 Å². The zero-order chi connectivity index (χ0) is 14.1. The van der Waals surface area contributed by atoms with Crippen LogP contribution >= 0.6 is 0 Å². The summed E-state index contributed by atoms with van der Waals surface area (Å²) in [4.78, 5) is 12.0. The summed E-state index contributed by atoms with van der Waals surface area (Å²) < 4.78 is 5.43. The molecule has 0 heterocycles. The van der Waals surface area contributed by atoms with Crippen LogP contribution in [0.3, 0.4) is 0 Å². The summed E-state index contributed by atoms with van der Waals surface area (Å²) in [5.74, 6) is 0.671. The van der Waals surface area contributed by atoms with Crippen molar-refractivity contribution in [3.05, 3.63) is 0 Å².